The van der Waals surface area contributed by atoms with E-state index in [-0.39, 0.29) is 17.7 Å². The highest BCUT2D eigenvalue weighted by atomic mass is 32.2. The molecule has 0 nitrogen and oxygen atoms in total. The largest absolute Gasteiger partial charge is 0.356 e. The topological polar surface area (TPSA) is 0 Å². The number of fused-ring (bicyclic) bond motifs is 3. The molecule has 0 amide bonds. The molecular formula is C12H16F4S. The zero-order chi connectivity index (χ0) is 12.7. The highest BCUT2D eigenvalue weighted by Crippen LogP contribution is 2.76. The first-order chi connectivity index (χ1) is 7.62. The van der Waals surface area contributed by atoms with Gasteiger partial charge >= 0.3 is 11.2 Å². The summed E-state index contributed by atoms with van der Waals surface area (Å²) in [6.45, 7) is 3.81. The maximum absolute atomic E-state index is 13.5. The Kier molecular flexibility index (Phi) is 2.12. The van der Waals surface area contributed by atoms with Gasteiger partial charge in [0.1, 0.15) is 0 Å². The minimum absolute atomic E-state index is 0.0479. The second-order valence-electron chi connectivity index (χ2n) is 6.32. The number of rotatable bonds is 0. The van der Waals surface area contributed by atoms with Crippen LogP contribution in [0.3, 0.4) is 0 Å². The Morgan fingerprint density at radius 2 is 1.59 bits per heavy atom. The molecule has 1 saturated heterocycles. The summed E-state index contributed by atoms with van der Waals surface area (Å²) in [6, 6.07) is 0. The third-order valence-electron chi connectivity index (χ3n) is 5.42. The van der Waals surface area contributed by atoms with Crippen LogP contribution in [0.5, 0.6) is 0 Å². The summed E-state index contributed by atoms with van der Waals surface area (Å²) in [6.07, 6.45) is 2.06. The van der Waals surface area contributed by atoms with E-state index in [0.29, 0.717) is 5.92 Å². The van der Waals surface area contributed by atoms with Crippen LogP contribution < -0.4 is 0 Å². The van der Waals surface area contributed by atoms with Crippen LogP contribution in [-0.2, 0) is 0 Å². The van der Waals surface area contributed by atoms with Gasteiger partial charge in [0, 0.05) is 11.2 Å². The predicted molar refractivity (Wildman–Crippen MR) is 59.4 cm³/mol. The van der Waals surface area contributed by atoms with Gasteiger partial charge in [-0.3, -0.25) is 0 Å². The average Bonchev–Trinajstić information content (AvgIpc) is 2.72. The van der Waals surface area contributed by atoms with E-state index in [2.05, 4.69) is 0 Å². The highest BCUT2D eigenvalue weighted by Gasteiger charge is 2.77. The molecule has 0 aromatic carbocycles. The SMILES string of the molecule is CC1(C)[C@H]2CC[C@@H](C2)[C@@]12CC(F)(F)C(F)(F)S2. The van der Waals surface area contributed by atoms with Gasteiger partial charge in [0.15, 0.2) is 0 Å². The second-order valence-corrected chi connectivity index (χ2v) is 7.76. The molecule has 98 valence electrons. The summed E-state index contributed by atoms with van der Waals surface area (Å²) in [5.74, 6) is -3.46. The number of hydrogen-bond donors (Lipinski definition) is 0. The van der Waals surface area contributed by atoms with Crippen LogP contribution in [0, 0.1) is 17.3 Å². The van der Waals surface area contributed by atoms with Crippen molar-refractivity contribution in [3.8, 4) is 0 Å². The Bertz CT molecular complexity index is 348. The Morgan fingerprint density at radius 3 is 2.00 bits per heavy atom. The van der Waals surface area contributed by atoms with E-state index in [1.807, 2.05) is 13.8 Å². The molecule has 0 unspecified atom stereocenters. The molecule has 2 bridgehead atoms. The smallest absolute Gasteiger partial charge is 0.199 e. The molecular weight excluding hydrogens is 252 g/mol. The quantitative estimate of drug-likeness (QED) is 0.581. The molecule has 0 aromatic rings. The molecule has 3 atom stereocenters. The van der Waals surface area contributed by atoms with Crippen LogP contribution in [0.2, 0.25) is 0 Å². The molecule has 0 N–H and O–H groups in total. The van der Waals surface area contributed by atoms with Crippen LogP contribution in [-0.4, -0.2) is 15.9 Å². The van der Waals surface area contributed by atoms with Gasteiger partial charge in [0.05, 0.1) is 0 Å². The summed E-state index contributed by atoms with van der Waals surface area (Å²) < 4.78 is 53.1. The Labute approximate surface area is 103 Å². The van der Waals surface area contributed by atoms with Gasteiger partial charge in [-0.25, -0.2) is 0 Å². The van der Waals surface area contributed by atoms with E-state index in [1.54, 1.807) is 0 Å². The highest BCUT2D eigenvalue weighted by molar-refractivity contribution is 8.02. The standard InChI is InChI=1S/C12H16F4S/c1-9(2)7-3-4-8(5-7)10(9)6-11(13,14)12(15,16)17-10/h7-8H,3-6H2,1-2H3/t7-,8-,10-/m0/s1. The third-order valence-corrected chi connectivity index (χ3v) is 7.35. The van der Waals surface area contributed by atoms with Gasteiger partial charge in [0.2, 0.25) is 0 Å². The Hall–Kier alpha value is 0.0700. The van der Waals surface area contributed by atoms with Crippen molar-refractivity contribution in [3.63, 3.8) is 0 Å². The normalized spacial score (nSPS) is 49.1. The lowest BCUT2D eigenvalue weighted by atomic mass is 9.66. The van der Waals surface area contributed by atoms with Crippen molar-refractivity contribution in [2.24, 2.45) is 17.3 Å². The predicted octanol–water partition coefficient (Wildman–Crippen LogP) is 4.55. The third kappa shape index (κ3) is 1.22. The molecule has 2 aliphatic carbocycles. The molecule has 3 fully saturated rings. The van der Waals surface area contributed by atoms with E-state index in [9.17, 15) is 17.6 Å². The molecule has 0 radical (unpaired) electrons. The van der Waals surface area contributed by atoms with Crippen LogP contribution >= 0.6 is 11.8 Å². The second kappa shape index (κ2) is 2.97. The molecule has 3 aliphatic rings. The molecule has 3 rings (SSSR count). The summed E-state index contributed by atoms with van der Waals surface area (Å²) in [4.78, 5) is 0. The molecule has 1 aliphatic heterocycles. The van der Waals surface area contributed by atoms with Crippen molar-refractivity contribution in [2.45, 2.75) is 55.5 Å². The first kappa shape index (κ1) is 12.1. The van der Waals surface area contributed by atoms with E-state index in [4.69, 9.17) is 0 Å². The maximum Gasteiger partial charge on any atom is 0.356 e. The van der Waals surface area contributed by atoms with E-state index in [1.165, 1.54) is 0 Å². The Balaban J connectivity index is 2.05. The maximum atomic E-state index is 13.5. The van der Waals surface area contributed by atoms with Gasteiger partial charge in [-0.05, 0) is 36.5 Å². The van der Waals surface area contributed by atoms with Crippen molar-refractivity contribution in [1.29, 1.82) is 0 Å². The van der Waals surface area contributed by atoms with Crippen molar-refractivity contribution in [3.05, 3.63) is 0 Å². The molecule has 2 saturated carbocycles. The number of halogens is 4. The Morgan fingerprint density at radius 1 is 1.00 bits per heavy atom. The lowest BCUT2D eigenvalue weighted by Gasteiger charge is -2.46. The monoisotopic (exact) mass is 268 g/mol. The molecule has 0 aromatic heterocycles. The van der Waals surface area contributed by atoms with Crippen LogP contribution in [0.25, 0.3) is 0 Å². The van der Waals surface area contributed by atoms with Crippen molar-refractivity contribution in [2.75, 3.05) is 0 Å². The van der Waals surface area contributed by atoms with Gasteiger partial charge < -0.3 is 0 Å². The average molecular weight is 268 g/mol. The number of alkyl halides is 4. The molecule has 1 spiro atoms. The summed E-state index contributed by atoms with van der Waals surface area (Å²) in [5.41, 5.74) is -0.399. The fourth-order valence-corrected chi connectivity index (χ4v) is 6.03. The van der Waals surface area contributed by atoms with Gasteiger partial charge in [-0.15, -0.1) is 0 Å². The number of thioether (sulfide) groups is 1. The molecule has 1 heterocycles. The fourth-order valence-electron chi connectivity index (χ4n) is 4.29. The van der Waals surface area contributed by atoms with E-state index < -0.39 is 27.8 Å². The lowest BCUT2D eigenvalue weighted by Crippen LogP contribution is -2.46. The fraction of sp³-hybridized carbons (Fsp3) is 1.00. The van der Waals surface area contributed by atoms with Crippen molar-refractivity contribution in [1.82, 2.24) is 0 Å². The zero-order valence-corrected chi connectivity index (χ0v) is 10.7. The molecule has 17 heavy (non-hydrogen) atoms. The van der Waals surface area contributed by atoms with Crippen LogP contribution in [0.1, 0.15) is 39.5 Å². The van der Waals surface area contributed by atoms with E-state index >= 15 is 0 Å². The first-order valence-electron chi connectivity index (χ1n) is 6.08. The van der Waals surface area contributed by atoms with Crippen LogP contribution in [0.15, 0.2) is 0 Å². The van der Waals surface area contributed by atoms with Crippen molar-refractivity contribution >= 4 is 11.8 Å². The minimum atomic E-state index is -3.89. The number of hydrogen-bond acceptors (Lipinski definition) is 1. The van der Waals surface area contributed by atoms with Crippen LogP contribution in [0.4, 0.5) is 17.6 Å². The summed E-state index contributed by atoms with van der Waals surface area (Å²) in [7, 11) is 0. The lowest BCUT2D eigenvalue weighted by molar-refractivity contribution is -0.152. The van der Waals surface area contributed by atoms with Gasteiger partial charge in [-0.1, -0.05) is 25.6 Å². The van der Waals surface area contributed by atoms with E-state index in [0.717, 1.165) is 19.3 Å². The summed E-state index contributed by atoms with van der Waals surface area (Å²) >= 11 is 0.271. The van der Waals surface area contributed by atoms with Gasteiger partial charge in [-0.2, -0.15) is 17.6 Å². The molecule has 5 heteroatoms. The minimum Gasteiger partial charge on any atom is -0.199 e. The van der Waals surface area contributed by atoms with Crippen molar-refractivity contribution < 1.29 is 17.6 Å². The van der Waals surface area contributed by atoms with Gasteiger partial charge in [0.25, 0.3) is 0 Å². The first-order valence-corrected chi connectivity index (χ1v) is 6.90. The summed E-state index contributed by atoms with van der Waals surface area (Å²) in [5, 5.41) is -3.89. The zero-order valence-electron chi connectivity index (χ0n) is 9.90.